The largest absolute Gasteiger partial charge is 0.492 e. The fourth-order valence-electron chi connectivity index (χ4n) is 1.78. The minimum atomic E-state index is 0.113. The van der Waals surface area contributed by atoms with E-state index in [0.717, 1.165) is 30.6 Å². The van der Waals surface area contributed by atoms with Gasteiger partial charge in [0.1, 0.15) is 5.75 Å². The van der Waals surface area contributed by atoms with E-state index in [2.05, 4.69) is 19.9 Å². The minimum Gasteiger partial charge on any atom is -0.492 e. The van der Waals surface area contributed by atoms with Crippen LogP contribution in [0.15, 0.2) is 12.1 Å². The van der Waals surface area contributed by atoms with E-state index in [4.69, 9.17) is 22.1 Å². The summed E-state index contributed by atoms with van der Waals surface area (Å²) in [4.78, 5) is 0. The summed E-state index contributed by atoms with van der Waals surface area (Å²) in [6.45, 7) is 6.89. The average Bonchev–Trinajstić information content (AvgIpc) is 2.27. The summed E-state index contributed by atoms with van der Waals surface area (Å²) in [5, 5.41) is 0.702. The summed E-state index contributed by atoms with van der Waals surface area (Å²) < 4.78 is 5.73. The molecule has 1 unspecified atom stereocenters. The lowest BCUT2D eigenvalue weighted by Crippen LogP contribution is -2.18. The fourth-order valence-corrected chi connectivity index (χ4v) is 2.10. The van der Waals surface area contributed by atoms with Gasteiger partial charge in [-0.25, -0.2) is 0 Å². The van der Waals surface area contributed by atoms with E-state index in [0.29, 0.717) is 11.6 Å². The van der Waals surface area contributed by atoms with Crippen molar-refractivity contribution in [3.63, 3.8) is 0 Å². The highest BCUT2D eigenvalue weighted by atomic mass is 35.5. The number of ether oxygens (including phenoxy) is 1. The van der Waals surface area contributed by atoms with Crippen molar-refractivity contribution in [2.45, 2.75) is 46.1 Å². The average molecular weight is 256 g/mol. The van der Waals surface area contributed by atoms with Gasteiger partial charge in [-0.1, -0.05) is 31.5 Å². The van der Waals surface area contributed by atoms with Crippen molar-refractivity contribution < 1.29 is 4.74 Å². The molecule has 1 atom stereocenters. The molecular weight excluding hydrogens is 234 g/mol. The Bertz CT molecular complexity index is 363. The third kappa shape index (κ3) is 4.21. The Hall–Kier alpha value is -0.730. The van der Waals surface area contributed by atoms with Gasteiger partial charge in [0.05, 0.1) is 11.6 Å². The summed E-state index contributed by atoms with van der Waals surface area (Å²) in [6.07, 6.45) is 2.75. The monoisotopic (exact) mass is 255 g/mol. The number of halogens is 1. The first kappa shape index (κ1) is 14.3. The number of hydrogen-bond acceptors (Lipinski definition) is 2. The van der Waals surface area contributed by atoms with Gasteiger partial charge >= 0.3 is 0 Å². The molecule has 0 spiro atoms. The summed E-state index contributed by atoms with van der Waals surface area (Å²) >= 11 is 6.27. The predicted molar refractivity (Wildman–Crippen MR) is 74.0 cm³/mol. The molecule has 3 heteroatoms. The lowest BCUT2D eigenvalue weighted by molar-refractivity contribution is 0.313. The zero-order chi connectivity index (χ0) is 12.8. The Labute approximate surface area is 109 Å². The third-order valence-electron chi connectivity index (χ3n) is 2.58. The zero-order valence-corrected chi connectivity index (χ0v) is 11.7. The smallest absolute Gasteiger partial charge is 0.141 e. The molecule has 1 aromatic rings. The van der Waals surface area contributed by atoms with Gasteiger partial charge in [0.25, 0.3) is 0 Å². The molecule has 0 aliphatic heterocycles. The van der Waals surface area contributed by atoms with Crippen molar-refractivity contribution in [2.75, 3.05) is 6.61 Å². The molecule has 0 saturated heterocycles. The van der Waals surface area contributed by atoms with E-state index in [1.165, 1.54) is 5.56 Å². The van der Waals surface area contributed by atoms with E-state index >= 15 is 0 Å². The Morgan fingerprint density at radius 2 is 2.06 bits per heavy atom. The lowest BCUT2D eigenvalue weighted by Gasteiger charge is -2.16. The van der Waals surface area contributed by atoms with Crippen LogP contribution in [-0.2, 0) is 12.8 Å². The molecule has 0 amide bonds. The zero-order valence-electron chi connectivity index (χ0n) is 10.9. The molecule has 2 nitrogen and oxygen atoms in total. The first-order valence-electron chi connectivity index (χ1n) is 6.28. The highest BCUT2D eigenvalue weighted by Gasteiger charge is 2.12. The van der Waals surface area contributed by atoms with E-state index < -0.39 is 0 Å². The quantitative estimate of drug-likeness (QED) is 0.843. The number of aryl methyl sites for hydroxylation is 1. The highest BCUT2D eigenvalue weighted by Crippen LogP contribution is 2.31. The van der Waals surface area contributed by atoms with Gasteiger partial charge in [-0.05, 0) is 43.4 Å². The van der Waals surface area contributed by atoms with Crippen LogP contribution in [0.4, 0.5) is 0 Å². The summed E-state index contributed by atoms with van der Waals surface area (Å²) in [5.41, 5.74) is 8.22. The fraction of sp³-hybridized carbons (Fsp3) is 0.571. The third-order valence-corrected chi connectivity index (χ3v) is 2.86. The molecule has 17 heavy (non-hydrogen) atoms. The van der Waals surface area contributed by atoms with Crippen LogP contribution in [0.3, 0.4) is 0 Å². The van der Waals surface area contributed by atoms with Crippen LogP contribution in [0.25, 0.3) is 0 Å². The maximum absolute atomic E-state index is 6.27. The SMILES string of the molecule is CCCOc1c(Cl)cc(CC)cc1CC(C)N. The number of hydrogen-bond donors (Lipinski definition) is 1. The van der Waals surface area contributed by atoms with E-state index in [1.807, 2.05) is 13.0 Å². The van der Waals surface area contributed by atoms with Gasteiger partial charge in [-0.15, -0.1) is 0 Å². The van der Waals surface area contributed by atoms with Crippen LogP contribution in [0.2, 0.25) is 5.02 Å². The predicted octanol–water partition coefficient (Wildman–Crippen LogP) is 3.58. The second kappa shape index (κ2) is 6.87. The molecule has 2 N–H and O–H groups in total. The van der Waals surface area contributed by atoms with Crippen molar-refractivity contribution in [1.29, 1.82) is 0 Å². The molecule has 0 aliphatic carbocycles. The molecule has 0 aliphatic rings. The van der Waals surface area contributed by atoms with Gasteiger partial charge in [0, 0.05) is 6.04 Å². The van der Waals surface area contributed by atoms with Crippen LogP contribution in [0.5, 0.6) is 5.75 Å². The van der Waals surface area contributed by atoms with E-state index in [9.17, 15) is 0 Å². The van der Waals surface area contributed by atoms with Crippen LogP contribution in [0, 0.1) is 0 Å². The van der Waals surface area contributed by atoms with Gasteiger partial charge in [0.2, 0.25) is 0 Å². The first-order chi connectivity index (χ1) is 8.08. The molecular formula is C14H22ClNO. The van der Waals surface area contributed by atoms with Crippen LogP contribution in [-0.4, -0.2) is 12.6 Å². The molecule has 96 valence electrons. The van der Waals surface area contributed by atoms with Crippen molar-refractivity contribution in [1.82, 2.24) is 0 Å². The summed E-state index contributed by atoms with van der Waals surface area (Å²) in [5.74, 6) is 0.808. The summed E-state index contributed by atoms with van der Waals surface area (Å²) in [7, 11) is 0. The van der Waals surface area contributed by atoms with Gasteiger partial charge < -0.3 is 10.5 Å². The first-order valence-corrected chi connectivity index (χ1v) is 6.65. The van der Waals surface area contributed by atoms with Gasteiger partial charge in [0.15, 0.2) is 0 Å². The normalized spacial score (nSPS) is 12.5. The second-order valence-electron chi connectivity index (χ2n) is 4.45. The van der Waals surface area contributed by atoms with Crippen molar-refractivity contribution in [3.8, 4) is 5.75 Å². The Morgan fingerprint density at radius 3 is 2.59 bits per heavy atom. The van der Waals surface area contributed by atoms with Gasteiger partial charge in [-0.2, -0.15) is 0 Å². The molecule has 0 aromatic heterocycles. The van der Waals surface area contributed by atoms with Gasteiger partial charge in [-0.3, -0.25) is 0 Å². The maximum Gasteiger partial charge on any atom is 0.141 e. The summed E-state index contributed by atoms with van der Waals surface area (Å²) in [6, 6.07) is 4.25. The molecule has 1 aromatic carbocycles. The Morgan fingerprint density at radius 1 is 1.35 bits per heavy atom. The Kier molecular flexibility index (Phi) is 5.79. The molecule has 1 rings (SSSR count). The van der Waals surface area contributed by atoms with Crippen LogP contribution >= 0.6 is 11.6 Å². The van der Waals surface area contributed by atoms with Crippen molar-refractivity contribution >= 4 is 11.6 Å². The maximum atomic E-state index is 6.27. The van der Waals surface area contributed by atoms with Crippen molar-refractivity contribution in [2.24, 2.45) is 5.73 Å². The number of rotatable bonds is 6. The van der Waals surface area contributed by atoms with Crippen LogP contribution in [0.1, 0.15) is 38.3 Å². The van der Waals surface area contributed by atoms with Crippen LogP contribution < -0.4 is 10.5 Å². The minimum absolute atomic E-state index is 0.113. The lowest BCUT2D eigenvalue weighted by atomic mass is 10.0. The number of nitrogens with two attached hydrogens (primary N) is 1. The molecule has 0 heterocycles. The molecule has 0 fully saturated rings. The number of benzene rings is 1. The Balaban J connectivity index is 3.05. The standard InChI is InChI=1S/C14H22ClNO/c1-4-6-17-14-12(7-10(3)16)8-11(5-2)9-13(14)15/h8-10H,4-7,16H2,1-3H3. The van der Waals surface area contributed by atoms with E-state index in [1.54, 1.807) is 0 Å². The molecule has 0 saturated carbocycles. The van der Waals surface area contributed by atoms with Crippen molar-refractivity contribution in [3.05, 3.63) is 28.3 Å². The molecule has 0 radical (unpaired) electrons. The highest BCUT2D eigenvalue weighted by molar-refractivity contribution is 6.32. The topological polar surface area (TPSA) is 35.2 Å². The van der Waals surface area contributed by atoms with E-state index in [-0.39, 0.29) is 6.04 Å². The molecule has 0 bridgehead atoms. The second-order valence-corrected chi connectivity index (χ2v) is 4.86.